The molecule has 1 aromatic rings. The third-order valence-corrected chi connectivity index (χ3v) is 4.28. The van der Waals surface area contributed by atoms with Gasteiger partial charge >= 0.3 is 0 Å². The number of furan rings is 1. The average molecular weight is 268 g/mol. The van der Waals surface area contributed by atoms with Crippen LogP contribution in [0.4, 0.5) is 0 Å². The molecule has 0 saturated heterocycles. The van der Waals surface area contributed by atoms with Crippen molar-refractivity contribution in [2.24, 2.45) is 0 Å². The van der Waals surface area contributed by atoms with Crippen molar-refractivity contribution in [3.05, 3.63) is 24.2 Å². The van der Waals surface area contributed by atoms with Crippen LogP contribution in [0.15, 0.2) is 22.8 Å². The van der Waals surface area contributed by atoms with E-state index in [4.69, 9.17) is 4.42 Å². The maximum Gasteiger partial charge on any atom is 0.222 e. The number of sulfonamides is 1. The zero-order chi connectivity index (χ0) is 9.90. The second kappa shape index (κ2) is 4.26. The molecule has 0 amide bonds. The maximum atomic E-state index is 11.1. The van der Waals surface area contributed by atoms with Crippen molar-refractivity contribution in [1.29, 1.82) is 0 Å². The number of alkyl halides is 1. The van der Waals surface area contributed by atoms with E-state index in [1.165, 1.54) is 6.26 Å². The van der Waals surface area contributed by atoms with Gasteiger partial charge in [-0.15, -0.1) is 0 Å². The summed E-state index contributed by atoms with van der Waals surface area (Å²) in [7, 11) is -3.24. The molecule has 0 aliphatic rings. The lowest BCUT2D eigenvalue weighted by molar-refractivity contribution is 0.460. The lowest BCUT2D eigenvalue weighted by atomic mass is 10.3. The summed E-state index contributed by atoms with van der Waals surface area (Å²) in [5.41, 5.74) is 0. The van der Waals surface area contributed by atoms with Crippen LogP contribution in [0.25, 0.3) is 0 Å². The molecule has 4 nitrogen and oxygen atoms in total. The third kappa shape index (κ3) is 3.13. The molecule has 0 bridgehead atoms. The summed E-state index contributed by atoms with van der Waals surface area (Å²) in [6.45, 7) is 1.72. The van der Waals surface area contributed by atoms with Crippen LogP contribution in [-0.4, -0.2) is 13.1 Å². The molecular formula is C7H10BrNO3S. The normalized spacial score (nSPS) is 14.3. The Morgan fingerprint density at radius 2 is 2.38 bits per heavy atom. The number of nitrogens with one attached hydrogen (secondary N) is 1. The minimum atomic E-state index is -3.24. The van der Waals surface area contributed by atoms with Gasteiger partial charge in [0, 0.05) is 0 Å². The van der Waals surface area contributed by atoms with E-state index in [0.29, 0.717) is 5.76 Å². The SMILES string of the molecule is CC(NS(=O)(=O)CBr)c1ccco1. The van der Waals surface area contributed by atoms with Gasteiger partial charge in [0.15, 0.2) is 0 Å². The predicted molar refractivity (Wildman–Crippen MR) is 53.0 cm³/mol. The molecule has 0 fully saturated rings. The Hall–Kier alpha value is -0.330. The lowest BCUT2D eigenvalue weighted by Crippen LogP contribution is -2.27. The fourth-order valence-electron chi connectivity index (χ4n) is 0.897. The molecule has 1 atom stereocenters. The van der Waals surface area contributed by atoms with E-state index in [1.54, 1.807) is 19.1 Å². The summed E-state index contributed by atoms with van der Waals surface area (Å²) in [5.74, 6) is 0.601. The van der Waals surface area contributed by atoms with Crippen molar-refractivity contribution >= 4 is 26.0 Å². The smallest absolute Gasteiger partial charge is 0.222 e. The van der Waals surface area contributed by atoms with E-state index < -0.39 is 10.0 Å². The second-order valence-electron chi connectivity index (χ2n) is 2.58. The molecule has 0 aromatic carbocycles. The molecule has 0 aliphatic carbocycles. The molecule has 13 heavy (non-hydrogen) atoms. The molecule has 1 N–H and O–H groups in total. The molecule has 1 aromatic heterocycles. The Morgan fingerprint density at radius 3 is 2.85 bits per heavy atom. The van der Waals surface area contributed by atoms with Crippen LogP contribution in [0.1, 0.15) is 18.7 Å². The highest BCUT2D eigenvalue weighted by atomic mass is 79.9. The van der Waals surface area contributed by atoms with Gasteiger partial charge in [0.2, 0.25) is 10.0 Å². The number of rotatable bonds is 4. The molecule has 0 spiro atoms. The summed E-state index contributed by atoms with van der Waals surface area (Å²) >= 11 is 2.88. The molecule has 0 aliphatic heterocycles. The summed E-state index contributed by atoms with van der Waals surface area (Å²) in [5, 5.41) is 0. The van der Waals surface area contributed by atoms with Gasteiger partial charge in [0.1, 0.15) is 10.4 Å². The zero-order valence-corrected chi connectivity index (χ0v) is 9.43. The average Bonchev–Trinajstić information content (AvgIpc) is 2.55. The molecule has 1 rings (SSSR count). The van der Waals surface area contributed by atoms with Crippen LogP contribution < -0.4 is 4.72 Å². The Bertz CT molecular complexity index is 346. The number of hydrogen-bond donors (Lipinski definition) is 1. The van der Waals surface area contributed by atoms with Crippen molar-refractivity contribution in [2.45, 2.75) is 13.0 Å². The van der Waals surface area contributed by atoms with Crippen molar-refractivity contribution < 1.29 is 12.8 Å². The summed E-state index contributed by atoms with van der Waals surface area (Å²) < 4.78 is 29.6. The first kappa shape index (κ1) is 10.7. The van der Waals surface area contributed by atoms with Crippen LogP contribution in [0.3, 0.4) is 0 Å². The quantitative estimate of drug-likeness (QED) is 0.844. The van der Waals surface area contributed by atoms with Crippen LogP contribution in [0.2, 0.25) is 0 Å². The van der Waals surface area contributed by atoms with Gasteiger partial charge in [0.25, 0.3) is 0 Å². The molecule has 0 saturated carbocycles. The van der Waals surface area contributed by atoms with E-state index in [9.17, 15) is 8.42 Å². The number of halogens is 1. The molecule has 1 heterocycles. The Labute approximate surface area is 85.5 Å². The van der Waals surface area contributed by atoms with Crippen molar-refractivity contribution in [1.82, 2.24) is 4.72 Å². The Morgan fingerprint density at radius 1 is 1.69 bits per heavy atom. The van der Waals surface area contributed by atoms with Gasteiger partial charge in [-0.25, -0.2) is 13.1 Å². The molecule has 74 valence electrons. The summed E-state index contributed by atoms with van der Waals surface area (Å²) in [6.07, 6.45) is 1.51. The highest BCUT2D eigenvalue weighted by Crippen LogP contribution is 2.13. The first-order valence-electron chi connectivity index (χ1n) is 3.64. The van der Waals surface area contributed by atoms with Crippen molar-refractivity contribution in [3.8, 4) is 0 Å². The summed E-state index contributed by atoms with van der Waals surface area (Å²) in [6, 6.07) is 3.10. The third-order valence-electron chi connectivity index (χ3n) is 1.47. The fraction of sp³-hybridized carbons (Fsp3) is 0.429. The van der Waals surface area contributed by atoms with Gasteiger partial charge in [-0.05, 0) is 19.1 Å². The van der Waals surface area contributed by atoms with E-state index in [1.807, 2.05) is 0 Å². The van der Waals surface area contributed by atoms with Gasteiger partial charge in [-0.1, -0.05) is 15.9 Å². The Balaban J connectivity index is 2.67. The van der Waals surface area contributed by atoms with Crippen LogP contribution in [0, 0.1) is 0 Å². The second-order valence-corrected chi connectivity index (χ2v) is 5.64. The largest absolute Gasteiger partial charge is 0.468 e. The highest BCUT2D eigenvalue weighted by molar-refractivity contribution is 9.10. The summed E-state index contributed by atoms with van der Waals surface area (Å²) in [4.78, 5) is 0. The molecule has 1 unspecified atom stereocenters. The van der Waals surface area contributed by atoms with Gasteiger partial charge in [0.05, 0.1) is 12.3 Å². The van der Waals surface area contributed by atoms with Gasteiger partial charge in [-0.3, -0.25) is 0 Å². The molecule has 6 heteroatoms. The standard InChI is InChI=1S/C7H10BrNO3S/c1-6(7-3-2-4-12-7)9-13(10,11)5-8/h2-4,6,9H,5H2,1H3. The first-order valence-corrected chi connectivity index (χ1v) is 6.42. The molecule has 0 radical (unpaired) electrons. The fourth-order valence-corrected chi connectivity index (χ4v) is 2.01. The number of hydrogen-bond acceptors (Lipinski definition) is 3. The maximum absolute atomic E-state index is 11.1. The van der Waals surface area contributed by atoms with E-state index in [-0.39, 0.29) is 10.7 Å². The van der Waals surface area contributed by atoms with E-state index in [2.05, 4.69) is 20.7 Å². The minimum Gasteiger partial charge on any atom is -0.468 e. The first-order chi connectivity index (χ1) is 6.05. The van der Waals surface area contributed by atoms with Crippen molar-refractivity contribution in [3.63, 3.8) is 0 Å². The highest BCUT2D eigenvalue weighted by Gasteiger charge is 2.15. The predicted octanol–water partition coefficient (Wildman–Crippen LogP) is 1.61. The zero-order valence-electron chi connectivity index (χ0n) is 7.03. The van der Waals surface area contributed by atoms with Crippen LogP contribution >= 0.6 is 15.9 Å². The van der Waals surface area contributed by atoms with Crippen molar-refractivity contribution in [2.75, 3.05) is 4.66 Å². The van der Waals surface area contributed by atoms with Crippen LogP contribution in [-0.2, 0) is 10.0 Å². The van der Waals surface area contributed by atoms with Crippen LogP contribution in [0.5, 0.6) is 0 Å². The van der Waals surface area contributed by atoms with Gasteiger partial charge in [-0.2, -0.15) is 0 Å². The Kier molecular flexibility index (Phi) is 3.52. The minimum absolute atomic E-state index is 0.106. The van der Waals surface area contributed by atoms with Gasteiger partial charge < -0.3 is 4.42 Å². The van der Waals surface area contributed by atoms with E-state index >= 15 is 0 Å². The molecular weight excluding hydrogens is 258 g/mol. The monoisotopic (exact) mass is 267 g/mol. The van der Waals surface area contributed by atoms with E-state index in [0.717, 1.165) is 0 Å². The lowest BCUT2D eigenvalue weighted by Gasteiger charge is -2.09. The topological polar surface area (TPSA) is 59.3 Å².